The first kappa shape index (κ1) is 20.2. The fraction of sp³-hybridized carbons (Fsp3) is 0.182. The Hall–Kier alpha value is -3.07. The van der Waals surface area contributed by atoms with E-state index in [-0.39, 0.29) is 16.5 Å². The van der Waals surface area contributed by atoms with Gasteiger partial charge < -0.3 is 0 Å². The highest BCUT2D eigenvalue weighted by Gasteiger charge is 2.48. The van der Waals surface area contributed by atoms with Gasteiger partial charge in [0, 0.05) is 18.1 Å². The van der Waals surface area contributed by atoms with Gasteiger partial charge in [0.05, 0.1) is 15.9 Å². The van der Waals surface area contributed by atoms with Crippen LogP contribution in [-0.4, -0.2) is 17.8 Å². The third-order valence-electron chi connectivity index (χ3n) is 5.27. The molecule has 1 aliphatic rings. The van der Waals surface area contributed by atoms with E-state index < -0.39 is 27.1 Å². The second-order valence-electron chi connectivity index (χ2n) is 7.16. The summed E-state index contributed by atoms with van der Waals surface area (Å²) in [5.41, 5.74) is 1.52. The molecule has 0 aliphatic carbocycles. The lowest BCUT2D eigenvalue weighted by molar-refractivity contribution is -0.384. The lowest BCUT2D eigenvalue weighted by Crippen LogP contribution is -2.31. The molecule has 1 heterocycles. The largest absolute Gasteiger partial charge is 0.275 e. The molecule has 0 unspecified atom stereocenters. The Labute approximate surface area is 174 Å². The Balaban J connectivity index is 1.77. The van der Waals surface area contributed by atoms with Crippen LogP contribution in [0.5, 0.6) is 0 Å². The second kappa shape index (κ2) is 7.98. The van der Waals surface area contributed by atoms with E-state index in [1.54, 1.807) is 0 Å². The average molecular weight is 424 g/mol. The average Bonchev–Trinajstić information content (AvgIpc) is 3.13. The number of rotatable bonds is 5. The third kappa shape index (κ3) is 3.60. The minimum absolute atomic E-state index is 0.0602. The summed E-state index contributed by atoms with van der Waals surface area (Å²) in [5, 5.41) is 10.9. The first-order valence-corrected chi connectivity index (χ1v) is 10.9. The van der Waals surface area contributed by atoms with Crippen molar-refractivity contribution in [2.45, 2.75) is 24.0 Å². The van der Waals surface area contributed by atoms with E-state index in [1.807, 2.05) is 67.6 Å². The molecule has 30 heavy (non-hydrogen) atoms. The Kier molecular flexibility index (Phi) is 5.38. The fourth-order valence-corrected chi connectivity index (χ4v) is 5.27. The van der Waals surface area contributed by atoms with Gasteiger partial charge in [-0.2, -0.15) is 0 Å². The lowest BCUT2D eigenvalue weighted by Gasteiger charge is -2.24. The van der Waals surface area contributed by atoms with Gasteiger partial charge in [-0.15, -0.1) is 0 Å². The summed E-state index contributed by atoms with van der Waals surface area (Å²) >= 11 is 0. The van der Waals surface area contributed by atoms with Crippen LogP contribution in [0.1, 0.15) is 30.2 Å². The molecule has 3 aromatic rings. The first-order valence-electron chi connectivity index (χ1n) is 9.45. The van der Waals surface area contributed by atoms with Crippen LogP contribution in [-0.2, 0) is 14.9 Å². The quantitative estimate of drug-likeness (QED) is 0.439. The van der Waals surface area contributed by atoms with E-state index in [0.717, 1.165) is 15.6 Å². The maximum atomic E-state index is 13.5. The van der Waals surface area contributed by atoms with E-state index in [2.05, 4.69) is 0 Å². The van der Waals surface area contributed by atoms with Gasteiger partial charge in [-0.3, -0.25) is 15.0 Å². The van der Waals surface area contributed by atoms with Crippen molar-refractivity contribution in [1.29, 1.82) is 0 Å². The summed E-state index contributed by atoms with van der Waals surface area (Å²) in [4.78, 5) is 16.3. The van der Waals surface area contributed by atoms with Crippen molar-refractivity contribution in [3.05, 3.63) is 106 Å². The number of hydroxylamine groups is 1. The molecule has 0 amide bonds. The van der Waals surface area contributed by atoms with Gasteiger partial charge in [-0.25, -0.2) is 8.42 Å². The third-order valence-corrected chi connectivity index (χ3v) is 6.93. The number of nitro groups is 1. The van der Waals surface area contributed by atoms with E-state index in [0.29, 0.717) is 0 Å². The number of nitrogens with zero attached hydrogens (tertiary/aromatic N) is 2. The van der Waals surface area contributed by atoms with Gasteiger partial charge in [0.2, 0.25) is 0 Å². The molecule has 4 rings (SSSR count). The first-order chi connectivity index (χ1) is 14.4. The number of non-ortho nitro benzene ring substituents is 1. The molecular formula is C22H20N2O5S. The van der Waals surface area contributed by atoms with Crippen LogP contribution >= 0.6 is 0 Å². The number of hydrogen-bond donors (Lipinski definition) is 0. The number of benzene rings is 3. The Bertz CT molecular complexity index is 1140. The van der Waals surface area contributed by atoms with Crippen molar-refractivity contribution in [2.75, 3.05) is 0 Å². The molecule has 0 aromatic heterocycles. The summed E-state index contributed by atoms with van der Waals surface area (Å²) in [6.45, 7) is 1.96. The van der Waals surface area contributed by atoms with Crippen molar-refractivity contribution < 1.29 is 18.2 Å². The minimum atomic E-state index is -4.06. The summed E-state index contributed by atoms with van der Waals surface area (Å²) in [7, 11) is -4.06. The van der Waals surface area contributed by atoms with Crippen LogP contribution in [0.4, 0.5) is 5.69 Å². The number of sulfonamides is 1. The molecule has 3 atom stereocenters. The highest BCUT2D eigenvalue weighted by molar-refractivity contribution is 7.89. The summed E-state index contributed by atoms with van der Waals surface area (Å²) in [6.07, 6.45) is -0.454. The summed E-state index contributed by atoms with van der Waals surface area (Å²) in [6, 6.07) is 23.1. The second-order valence-corrected chi connectivity index (χ2v) is 8.94. The van der Waals surface area contributed by atoms with Crippen molar-refractivity contribution in [3.63, 3.8) is 0 Å². The van der Waals surface area contributed by atoms with Crippen molar-refractivity contribution in [1.82, 2.24) is 4.47 Å². The Morgan fingerprint density at radius 1 is 0.867 bits per heavy atom. The van der Waals surface area contributed by atoms with E-state index in [9.17, 15) is 18.5 Å². The lowest BCUT2D eigenvalue weighted by atomic mass is 9.88. The van der Waals surface area contributed by atoms with Crippen molar-refractivity contribution >= 4 is 15.7 Å². The fourth-order valence-electron chi connectivity index (χ4n) is 3.76. The summed E-state index contributed by atoms with van der Waals surface area (Å²) < 4.78 is 28.0. The Morgan fingerprint density at radius 3 is 1.93 bits per heavy atom. The smallest absolute Gasteiger partial charge is 0.269 e. The highest BCUT2D eigenvalue weighted by Crippen LogP contribution is 2.48. The SMILES string of the molecule is C[C@@H]1[C@@H](c2ccccc2)ON(S(=O)(=O)c2ccc([N+](=O)[O-])cc2)[C@H]1c1ccccc1. The zero-order valence-electron chi connectivity index (χ0n) is 16.2. The van der Waals surface area contributed by atoms with Crippen LogP contribution in [0.15, 0.2) is 89.8 Å². The van der Waals surface area contributed by atoms with Crippen LogP contribution in [0.25, 0.3) is 0 Å². The molecule has 0 radical (unpaired) electrons. The zero-order chi connectivity index (χ0) is 21.3. The van der Waals surface area contributed by atoms with E-state index in [4.69, 9.17) is 4.84 Å². The molecule has 0 saturated carbocycles. The normalized spacial score (nSPS) is 22.1. The van der Waals surface area contributed by atoms with E-state index >= 15 is 0 Å². The summed E-state index contributed by atoms with van der Waals surface area (Å²) in [5.74, 6) is -0.164. The van der Waals surface area contributed by atoms with Crippen LogP contribution < -0.4 is 0 Å². The predicted octanol–water partition coefficient (Wildman–Crippen LogP) is 4.65. The molecule has 154 valence electrons. The standard InChI is InChI=1S/C22H20N2O5S/c1-16-21(17-8-4-2-5-9-17)24(29-22(16)18-10-6-3-7-11-18)30(27,28)20-14-12-19(13-15-20)23(25)26/h2-16,21-22H,1H3/t16-,21+,22-/m0/s1. The highest BCUT2D eigenvalue weighted by atomic mass is 32.2. The van der Waals surface area contributed by atoms with Gasteiger partial charge in [-0.1, -0.05) is 72.1 Å². The number of hydrogen-bond acceptors (Lipinski definition) is 5. The monoisotopic (exact) mass is 424 g/mol. The number of nitro benzene ring substituents is 1. The van der Waals surface area contributed by atoms with Gasteiger partial charge >= 0.3 is 0 Å². The predicted molar refractivity (Wildman–Crippen MR) is 111 cm³/mol. The Morgan fingerprint density at radius 2 is 1.40 bits per heavy atom. The molecular weight excluding hydrogens is 404 g/mol. The van der Waals surface area contributed by atoms with Crippen LogP contribution in [0, 0.1) is 16.0 Å². The van der Waals surface area contributed by atoms with Crippen molar-refractivity contribution in [2.24, 2.45) is 5.92 Å². The minimum Gasteiger partial charge on any atom is -0.275 e. The zero-order valence-corrected chi connectivity index (χ0v) is 17.0. The molecule has 0 N–H and O–H groups in total. The molecule has 0 bridgehead atoms. The van der Waals surface area contributed by atoms with Gasteiger partial charge in [0.25, 0.3) is 15.7 Å². The van der Waals surface area contributed by atoms with Gasteiger partial charge in [0.15, 0.2) is 0 Å². The molecule has 1 saturated heterocycles. The van der Waals surface area contributed by atoms with Crippen LogP contribution in [0.3, 0.4) is 0 Å². The maximum absolute atomic E-state index is 13.5. The molecule has 8 heteroatoms. The topological polar surface area (TPSA) is 89.8 Å². The molecule has 1 fully saturated rings. The molecule has 0 spiro atoms. The molecule has 1 aliphatic heterocycles. The van der Waals surface area contributed by atoms with E-state index in [1.165, 1.54) is 24.3 Å². The van der Waals surface area contributed by atoms with Gasteiger partial charge in [-0.05, 0) is 23.3 Å². The molecule has 7 nitrogen and oxygen atoms in total. The maximum Gasteiger partial charge on any atom is 0.269 e. The van der Waals surface area contributed by atoms with Gasteiger partial charge in [0.1, 0.15) is 6.10 Å². The van der Waals surface area contributed by atoms with Crippen LogP contribution in [0.2, 0.25) is 0 Å². The van der Waals surface area contributed by atoms with Crippen molar-refractivity contribution in [3.8, 4) is 0 Å². The molecule has 3 aromatic carbocycles.